The van der Waals surface area contributed by atoms with E-state index in [0.717, 1.165) is 39.9 Å². The van der Waals surface area contributed by atoms with Crippen LogP contribution in [-0.2, 0) is 22.4 Å². The van der Waals surface area contributed by atoms with Gasteiger partial charge in [0.15, 0.2) is 5.13 Å². The number of nitrogens with zero attached hydrogens (tertiary/aromatic N) is 1. The maximum atomic E-state index is 12.3. The van der Waals surface area contributed by atoms with Gasteiger partial charge in [-0.25, -0.2) is 4.98 Å². The van der Waals surface area contributed by atoms with E-state index in [9.17, 15) is 9.59 Å². The Morgan fingerprint density at radius 3 is 2.57 bits per heavy atom. The van der Waals surface area contributed by atoms with Crippen LogP contribution in [0.25, 0.3) is 10.2 Å². The minimum atomic E-state index is -0.00851. The molecule has 0 saturated heterocycles. The number of hydrogen-bond acceptors (Lipinski definition) is 4. The molecule has 0 bridgehead atoms. The fraction of sp³-hybridized carbons (Fsp3) is 0.318. The van der Waals surface area contributed by atoms with Crippen LogP contribution in [0.5, 0.6) is 0 Å². The number of fused-ring (bicyclic) bond motifs is 1. The van der Waals surface area contributed by atoms with Gasteiger partial charge in [-0.1, -0.05) is 49.4 Å². The number of rotatable bonds is 8. The molecule has 3 rings (SSSR count). The molecule has 6 heteroatoms. The summed E-state index contributed by atoms with van der Waals surface area (Å²) in [5.74, 6) is 0.00336. The van der Waals surface area contributed by atoms with Crippen molar-refractivity contribution in [3.05, 3.63) is 53.6 Å². The molecule has 146 valence electrons. The van der Waals surface area contributed by atoms with Crippen LogP contribution < -0.4 is 10.6 Å². The predicted octanol–water partition coefficient (Wildman–Crippen LogP) is 5.17. The van der Waals surface area contributed by atoms with E-state index in [-0.39, 0.29) is 11.8 Å². The molecule has 1 heterocycles. The number of aryl methyl sites for hydroxylation is 2. The Morgan fingerprint density at radius 2 is 1.79 bits per heavy atom. The fourth-order valence-corrected chi connectivity index (χ4v) is 3.95. The van der Waals surface area contributed by atoms with Crippen LogP contribution in [0.4, 0.5) is 10.8 Å². The van der Waals surface area contributed by atoms with Crippen molar-refractivity contribution in [2.24, 2.45) is 0 Å². The van der Waals surface area contributed by atoms with Gasteiger partial charge < -0.3 is 10.6 Å². The molecule has 3 aromatic rings. The highest BCUT2D eigenvalue weighted by Crippen LogP contribution is 2.27. The van der Waals surface area contributed by atoms with Gasteiger partial charge in [-0.3, -0.25) is 9.59 Å². The van der Waals surface area contributed by atoms with Gasteiger partial charge in [0.2, 0.25) is 11.8 Å². The molecule has 0 aliphatic heterocycles. The highest BCUT2D eigenvalue weighted by molar-refractivity contribution is 7.22. The minimum absolute atomic E-state index is 0.00851. The molecule has 0 fully saturated rings. The second-order valence-electron chi connectivity index (χ2n) is 6.68. The molecule has 0 atom stereocenters. The summed E-state index contributed by atoms with van der Waals surface area (Å²) in [5.41, 5.74) is 3.98. The molecule has 2 amide bonds. The third-order valence-corrected chi connectivity index (χ3v) is 5.42. The van der Waals surface area contributed by atoms with E-state index >= 15 is 0 Å². The molecule has 2 aromatic carbocycles. The third kappa shape index (κ3) is 5.16. The lowest BCUT2D eigenvalue weighted by molar-refractivity contribution is -0.117. The predicted molar refractivity (Wildman–Crippen MR) is 116 cm³/mol. The van der Waals surface area contributed by atoms with Crippen molar-refractivity contribution in [2.45, 2.75) is 46.0 Å². The van der Waals surface area contributed by atoms with Crippen LogP contribution in [0.2, 0.25) is 0 Å². The number of amides is 2. The quantitative estimate of drug-likeness (QED) is 0.553. The van der Waals surface area contributed by atoms with Crippen molar-refractivity contribution in [3.8, 4) is 0 Å². The number of para-hydroxylation sites is 1. The van der Waals surface area contributed by atoms with E-state index < -0.39 is 0 Å². The Kier molecular flexibility index (Phi) is 6.76. The maximum absolute atomic E-state index is 12.3. The molecule has 5 nitrogen and oxygen atoms in total. The van der Waals surface area contributed by atoms with Gasteiger partial charge in [0, 0.05) is 18.5 Å². The Bertz CT molecular complexity index is 981. The zero-order valence-electron chi connectivity index (χ0n) is 16.2. The van der Waals surface area contributed by atoms with Crippen LogP contribution in [0.15, 0.2) is 42.5 Å². The molecular weight excluding hydrogens is 370 g/mol. The monoisotopic (exact) mass is 395 g/mol. The lowest BCUT2D eigenvalue weighted by Gasteiger charge is -2.09. The lowest BCUT2D eigenvalue weighted by Crippen LogP contribution is -2.13. The Morgan fingerprint density at radius 1 is 1.00 bits per heavy atom. The molecule has 0 unspecified atom stereocenters. The number of nitrogens with one attached hydrogen (secondary N) is 2. The number of thiazole rings is 1. The first-order valence-corrected chi connectivity index (χ1v) is 10.5. The summed E-state index contributed by atoms with van der Waals surface area (Å²) in [6.07, 6.45) is 3.27. The average molecular weight is 396 g/mol. The first kappa shape index (κ1) is 20.0. The Labute approximate surface area is 169 Å². The summed E-state index contributed by atoms with van der Waals surface area (Å²) in [7, 11) is 0. The smallest absolute Gasteiger partial charge is 0.226 e. The molecule has 0 spiro atoms. The van der Waals surface area contributed by atoms with Crippen molar-refractivity contribution in [2.75, 3.05) is 10.6 Å². The number of carbonyl (C=O) groups excluding carboxylic acids is 2. The lowest BCUT2D eigenvalue weighted by atomic mass is 10.1. The van der Waals surface area contributed by atoms with Crippen molar-refractivity contribution in [3.63, 3.8) is 0 Å². The van der Waals surface area contributed by atoms with Gasteiger partial charge in [-0.05, 0) is 48.6 Å². The molecule has 0 aliphatic rings. The molecule has 28 heavy (non-hydrogen) atoms. The number of aromatic nitrogens is 1. The van der Waals surface area contributed by atoms with Gasteiger partial charge >= 0.3 is 0 Å². The summed E-state index contributed by atoms with van der Waals surface area (Å²) in [5, 5.41) is 6.48. The normalized spacial score (nSPS) is 10.8. The number of hydrogen-bond donors (Lipinski definition) is 2. The van der Waals surface area contributed by atoms with E-state index in [0.29, 0.717) is 24.4 Å². The Hall–Kier alpha value is -2.73. The number of benzene rings is 2. The van der Waals surface area contributed by atoms with Gasteiger partial charge in [-0.15, -0.1) is 0 Å². The molecule has 0 saturated carbocycles. The topological polar surface area (TPSA) is 71.1 Å². The summed E-state index contributed by atoms with van der Waals surface area (Å²) < 4.78 is 1.01. The number of anilines is 2. The van der Waals surface area contributed by atoms with E-state index in [4.69, 9.17) is 0 Å². The van der Waals surface area contributed by atoms with Crippen molar-refractivity contribution < 1.29 is 9.59 Å². The van der Waals surface area contributed by atoms with Gasteiger partial charge in [0.1, 0.15) is 0 Å². The third-order valence-electron chi connectivity index (χ3n) is 4.49. The van der Waals surface area contributed by atoms with E-state index in [2.05, 4.69) is 28.6 Å². The van der Waals surface area contributed by atoms with E-state index in [1.807, 2.05) is 43.3 Å². The van der Waals surface area contributed by atoms with Crippen molar-refractivity contribution >= 4 is 44.2 Å². The van der Waals surface area contributed by atoms with E-state index in [1.54, 1.807) is 0 Å². The van der Waals surface area contributed by atoms with E-state index in [1.165, 1.54) is 11.3 Å². The minimum Gasteiger partial charge on any atom is -0.326 e. The van der Waals surface area contributed by atoms with Crippen LogP contribution in [0, 0.1) is 0 Å². The summed E-state index contributed by atoms with van der Waals surface area (Å²) >= 11 is 1.46. The van der Waals surface area contributed by atoms with Gasteiger partial charge in [0.25, 0.3) is 0 Å². The fourth-order valence-electron chi connectivity index (χ4n) is 3.01. The first-order chi connectivity index (χ1) is 13.6. The van der Waals surface area contributed by atoms with Crippen LogP contribution in [0.3, 0.4) is 0 Å². The highest BCUT2D eigenvalue weighted by Gasteiger charge is 2.10. The Balaban J connectivity index is 1.61. The van der Waals surface area contributed by atoms with Crippen LogP contribution in [0.1, 0.15) is 44.2 Å². The molecule has 1 aromatic heterocycles. The van der Waals surface area contributed by atoms with Gasteiger partial charge in [0.05, 0.1) is 10.2 Å². The second kappa shape index (κ2) is 9.46. The zero-order chi connectivity index (χ0) is 19.9. The van der Waals surface area contributed by atoms with Gasteiger partial charge in [-0.2, -0.15) is 0 Å². The summed E-state index contributed by atoms with van der Waals surface area (Å²) in [6, 6.07) is 13.9. The van der Waals surface area contributed by atoms with Crippen molar-refractivity contribution in [1.82, 2.24) is 4.98 Å². The maximum Gasteiger partial charge on any atom is 0.226 e. The molecule has 0 aliphatic carbocycles. The summed E-state index contributed by atoms with van der Waals surface area (Å²) in [4.78, 5) is 28.5. The van der Waals surface area contributed by atoms with Crippen LogP contribution in [-0.4, -0.2) is 16.8 Å². The number of carbonyl (C=O) groups is 2. The summed E-state index contributed by atoms with van der Waals surface area (Å²) in [6.45, 7) is 4.05. The second-order valence-corrected chi connectivity index (χ2v) is 7.71. The standard InChI is InChI=1S/C22H25N3O2S/c1-3-7-20(26)25-22-24-18-12-10-15(14-19(18)28-22)11-13-21(27)23-17-9-6-5-8-16(17)4-2/h5-6,8-10,12,14H,3-4,7,11,13H2,1-2H3,(H,23,27)(H,24,25,26). The largest absolute Gasteiger partial charge is 0.326 e. The van der Waals surface area contributed by atoms with Crippen molar-refractivity contribution in [1.29, 1.82) is 0 Å². The zero-order valence-corrected chi connectivity index (χ0v) is 17.1. The molecular formula is C22H25N3O2S. The average Bonchev–Trinajstić information content (AvgIpc) is 3.08. The highest BCUT2D eigenvalue weighted by atomic mass is 32.1. The molecule has 2 N–H and O–H groups in total. The first-order valence-electron chi connectivity index (χ1n) is 9.66. The van der Waals surface area contributed by atoms with Crippen LogP contribution >= 0.6 is 11.3 Å². The molecule has 0 radical (unpaired) electrons. The SMILES string of the molecule is CCCC(=O)Nc1nc2ccc(CCC(=O)Nc3ccccc3CC)cc2s1.